The van der Waals surface area contributed by atoms with E-state index in [1.807, 2.05) is 13.8 Å². The van der Waals surface area contributed by atoms with Crippen molar-refractivity contribution in [2.75, 3.05) is 0 Å². The van der Waals surface area contributed by atoms with Crippen molar-refractivity contribution in [3.8, 4) is 0 Å². The molecule has 1 aliphatic carbocycles. The van der Waals surface area contributed by atoms with Gasteiger partial charge in [0.1, 0.15) is 6.10 Å². The quantitative estimate of drug-likeness (QED) is 0.512. The molecule has 80 valence electrons. The van der Waals surface area contributed by atoms with Crippen LogP contribution in [0.15, 0.2) is 12.2 Å². The Balaban J connectivity index is 2.32. The summed E-state index contributed by atoms with van der Waals surface area (Å²) in [7, 11) is 0. The SMILES string of the molecule is C/C=C/C(=O)OC(C)C1CCCCC1. The van der Waals surface area contributed by atoms with Crippen LogP contribution in [0.4, 0.5) is 0 Å². The molecular weight excluding hydrogens is 176 g/mol. The van der Waals surface area contributed by atoms with Crippen LogP contribution in [0.3, 0.4) is 0 Å². The summed E-state index contributed by atoms with van der Waals surface area (Å²) in [6.45, 7) is 3.84. The van der Waals surface area contributed by atoms with E-state index >= 15 is 0 Å². The molecule has 1 atom stereocenters. The third kappa shape index (κ3) is 3.52. The molecule has 1 unspecified atom stereocenters. The highest BCUT2D eigenvalue weighted by molar-refractivity contribution is 5.81. The summed E-state index contributed by atoms with van der Waals surface area (Å²) in [6, 6.07) is 0. The second-order valence-electron chi connectivity index (χ2n) is 4.04. The maximum atomic E-state index is 11.2. The number of ether oxygens (including phenoxy) is 1. The molecule has 1 aliphatic rings. The first kappa shape index (κ1) is 11.3. The summed E-state index contributed by atoms with van der Waals surface area (Å²) >= 11 is 0. The molecule has 1 rings (SSSR count). The average Bonchev–Trinajstić information content (AvgIpc) is 2.19. The van der Waals surface area contributed by atoms with Gasteiger partial charge in [0.2, 0.25) is 0 Å². The molecule has 0 bridgehead atoms. The van der Waals surface area contributed by atoms with Crippen molar-refractivity contribution >= 4 is 5.97 Å². The van der Waals surface area contributed by atoms with Crippen LogP contribution in [0.2, 0.25) is 0 Å². The van der Waals surface area contributed by atoms with E-state index < -0.39 is 0 Å². The zero-order chi connectivity index (χ0) is 10.4. The standard InChI is InChI=1S/C12H20O2/c1-3-7-12(13)14-10(2)11-8-5-4-6-9-11/h3,7,10-11H,4-6,8-9H2,1-2H3/b7-3+. The van der Waals surface area contributed by atoms with Crippen LogP contribution in [0.25, 0.3) is 0 Å². The summed E-state index contributed by atoms with van der Waals surface area (Å²) in [5.74, 6) is 0.378. The Labute approximate surface area is 86.3 Å². The van der Waals surface area contributed by atoms with Crippen molar-refractivity contribution in [3.63, 3.8) is 0 Å². The normalized spacial score (nSPS) is 21.0. The van der Waals surface area contributed by atoms with Gasteiger partial charge in [0.15, 0.2) is 0 Å². The van der Waals surface area contributed by atoms with E-state index in [4.69, 9.17) is 4.74 Å². The predicted octanol–water partition coefficient (Wildman–Crippen LogP) is 3.07. The second kappa shape index (κ2) is 5.84. The number of hydrogen-bond donors (Lipinski definition) is 0. The summed E-state index contributed by atoms with van der Waals surface area (Å²) in [5, 5.41) is 0. The van der Waals surface area contributed by atoms with Crippen molar-refractivity contribution in [2.45, 2.75) is 52.1 Å². The van der Waals surface area contributed by atoms with E-state index in [1.165, 1.54) is 38.2 Å². The fourth-order valence-corrected chi connectivity index (χ4v) is 2.06. The lowest BCUT2D eigenvalue weighted by molar-refractivity contribution is -0.145. The lowest BCUT2D eigenvalue weighted by Crippen LogP contribution is -2.25. The van der Waals surface area contributed by atoms with E-state index in [0.717, 1.165) is 0 Å². The Hall–Kier alpha value is -0.790. The molecule has 0 aromatic heterocycles. The average molecular weight is 196 g/mol. The van der Waals surface area contributed by atoms with E-state index in [-0.39, 0.29) is 12.1 Å². The fraction of sp³-hybridized carbons (Fsp3) is 0.750. The van der Waals surface area contributed by atoms with Gasteiger partial charge < -0.3 is 4.74 Å². The maximum Gasteiger partial charge on any atom is 0.330 e. The Bertz CT molecular complexity index is 202. The van der Waals surface area contributed by atoms with Crippen LogP contribution in [0.5, 0.6) is 0 Å². The van der Waals surface area contributed by atoms with Crippen LogP contribution < -0.4 is 0 Å². The van der Waals surface area contributed by atoms with Crippen molar-refractivity contribution in [1.82, 2.24) is 0 Å². The molecular formula is C12H20O2. The van der Waals surface area contributed by atoms with Crippen LogP contribution in [-0.2, 0) is 9.53 Å². The topological polar surface area (TPSA) is 26.3 Å². The van der Waals surface area contributed by atoms with Gasteiger partial charge in [-0.2, -0.15) is 0 Å². The highest BCUT2D eigenvalue weighted by Gasteiger charge is 2.22. The van der Waals surface area contributed by atoms with Crippen LogP contribution in [0, 0.1) is 5.92 Å². The fourth-order valence-electron chi connectivity index (χ4n) is 2.06. The van der Waals surface area contributed by atoms with Gasteiger partial charge in [-0.15, -0.1) is 0 Å². The first-order chi connectivity index (χ1) is 6.74. The van der Waals surface area contributed by atoms with E-state index in [1.54, 1.807) is 6.08 Å². The summed E-state index contributed by atoms with van der Waals surface area (Å²) in [6.07, 6.45) is 9.63. The van der Waals surface area contributed by atoms with Gasteiger partial charge in [-0.1, -0.05) is 25.3 Å². The van der Waals surface area contributed by atoms with Gasteiger partial charge in [-0.25, -0.2) is 4.79 Å². The lowest BCUT2D eigenvalue weighted by Gasteiger charge is -2.26. The molecule has 0 amide bonds. The molecule has 0 radical (unpaired) electrons. The molecule has 1 saturated carbocycles. The number of carbonyl (C=O) groups is 1. The Kier molecular flexibility index (Phi) is 4.71. The van der Waals surface area contributed by atoms with Crippen molar-refractivity contribution in [1.29, 1.82) is 0 Å². The third-order valence-electron chi connectivity index (χ3n) is 2.92. The number of carbonyl (C=O) groups excluding carboxylic acids is 1. The van der Waals surface area contributed by atoms with Gasteiger partial charge in [-0.05, 0) is 32.6 Å². The first-order valence-electron chi connectivity index (χ1n) is 5.57. The predicted molar refractivity (Wildman–Crippen MR) is 56.9 cm³/mol. The zero-order valence-electron chi connectivity index (χ0n) is 9.16. The minimum Gasteiger partial charge on any atom is -0.459 e. The first-order valence-corrected chi connectivity index (χ1v) is 5.57. The number of rotatable bonds is 3. The van der Waals surface area contributed by atoms with E-state index in [9.17, 15) is 4.79 Å². The molecule has 0 aromatic carbocycles. The molecule has 0 aromatic rings. The Morgan fingerprint density at radius 2 is 2.00 bits per heavy atom. The highest BCUT2D eigenvalue weighted by Crippen LogP contribution is 2.27. The summed E-state index contributed by atoms with van der Waals surface area (Å²) < 4.78 is 5.30. The van der Waals surface area contributed by atoms with Crippen LogP contribution in [-0.4, -0.2) is 12.1 Å². The lowest BCUT2D eigenvalue weighted by atomic mass is 9.86. The number of allylic oxidation sites excluding steroid dienone is 1. The molecule has 0 saturated heterocycles. The third-order valence-corrected chi connectivity index (χ3v) is 2.92. The minimum absolute atomic E-state index is 0.0824. The molecule has 14 heavy (non-hydrogen) atoms. The van der Waals surface area contributed by atoms with Crippen LogP contribution in [0.1, 0.15) is 46.0 Å². The molecule has 0 N–H and O–H groups in total. The number of hydrogen-bond acceptors (Lipinski definition) is 2. The summed E-state index contributed by atoms with van der Waals surface area (Å²) in [4.78, 5) is 11.2. The van der Waals surface area contributed by atoms with Gasteiger partial charge in [0, 0.05) is 6.08 Å². The Morgan fingerprint density at radius 3 is 2.57 bits per heavy atom. The summed E-state index contributed by atoms with van der Waals surface area (Å²) in [5.41, 5.74) is 0. The molecule has 0 heterocycles. The largest absolute Gasteiger partial charge is 0.459 e. The van der Waals surface area contributed by atoms with Crippen molar-refractivity contribution < 1.29 is 9.53 Å². The van der Waals surface area contributed by atoms with E-state index in [0.29, 0.717) is 5.92 Å². The smallest absolute Gasteiger partial charge is 0.330 e. The van der Waals surface area contributed by atoms with Gasteiger partial charge in [0.25, 0.3) is 0 Å². The van der Waals surface area contributed by atoms with Gasteiger partial charge in [0.05, 0.1) is 0 Å². The molecule has 2 nitrogen and oxygen atoms in total. The highest BCUT2D eigenvalue weighted by atomic mass is 16.5. The second-order valence-corrected chi connectivity index (χ2v) is 4.04. The Morgan fingerprint density at radius 1 is 1.36 bits per heavy atom. The molecule has 1 fully saturated rings. The van der Waals surface area contributed by atoms with Gasteiger partial charge >= 0.3 is 5.97 Å². The molecule has 2 heteroatoms. The monoisotopic (exact) mass is 196 g/mol. The molecule has 0 aliphatic heterocycles. The minimum atomic E-state index is -0.203. The van der Waals surface area contributed by atoms with E-state index in [2.05, 4.69) is 0 Å². The van der Waals surface area contributed by atoms with Gasteiger partial charge in [-0.3, -0.25) is 0 Å². The molecule has 0 spiro atoms. The van der Waals surface area contributed by atoms with Crippen molar-refractivity contribution in [3.05, 3.63) is 12.2 Å². The number of esters is 1. The zero-order valence-corrected chi connectivity index (χ0v) is 9.16. The maximum absolute atomic E-state index is 11.2. The van der Waals surface area contributed by atoms with Crippen molar-refractivity contribution in [2.24, 2.45) is 5.92 Å². The van der Waals surface area contributed by atoms with Crippen LogP contribution >= 0.6 is 0 Å².